The van der Waals surface area contributed by atoms with Gasteiger partial charge in [-0.3, -0.25) is 9.59 Å². The fourth-order valence-electron chi connectivity index (χ4n) is 4.74. The molecule has 1 amide bonds. The van der Waals surface area contributed by atoms with E-state index in [1.54, 1.807) is 10.7 Å². The van der Waals surface area contributed by atoms with Crippen molar-refractivity contribution in [1.82, 2.24) is 19.8 Å². The summed E-state index contributed by atoms with van der Waals surface area (Å²) in [4.78, 5) is 31.0. The number of rotatable bonds is 7. The number of carbonyl (C=O) groups excluding carboxylic acids is 2. The number of nitrogens with one attached hydrogen (secondary N) is 1. The highest BCUT2D eigenvalue weighted by Gasteiger charge is 2.18. The summed E-state index contributed by atoms with van der Waals surface area (Å²) in [6.07, 6.45) is 3.63. The third-order valence-electron chi connectivity index (χ3n) is 7.02. The Morgan fingerprint density at radius 1 is 1.00 bits per heavy atom. The Kier molecular flexibility index (Phi) is 7.39. The number of benzene rings is 2. The van der Waals surface area contributed by atoms with E-state index in [4.69, 9.17) is 0 Å². The van der Waals surface area contributed by atoms with Crippen LogP contribution in [0.2, 0.25) is 0 Å². The average molecular weight is 560 g/mol. The number of Topliss-reactive ketones (excluding diaryl/α,β-unsaturated/α-hetero) is 1. The Labute approximate surface area is 225 Å². The maximum absolute atomic E-state index is 13.2. The summed E-state index contributed by atoms with van der Waals surface area (Å²) in [5.74, 6) is -0.179. The van der Waals surface area contributed by atoms with Crippen LogP contribution in [-0.4, -0.2) is 59.4 Å². The van der Waals surface area contributed by atoms with Crippen LogP contribution >= 0.6 is 15.9 Å². The van der Waals surface area contributed by atoms with E-state index in [9.17, 15) is 9.59 Å². The zero-order valence-corrected chi connectivity index (χ0v) is 22.7. The minimum absolute atomic E-state index is 0.0286. The molecule has 0 bridgehead atoms. The lowest BCUT2D eigenvalue weighted by atomic mass is 9.97. The van der Waals surface area contributed by atoms with Crippen molar-refractivity contribution in [3.63, 3.8) is 0 Å². The van der Waals surface area contributed by atoms with Crippen molar-refractivity contribution in [2.75, 3.05) is 38.1 Å². The lowest BCUT2D eigenvalue weighted by Gasteiger charge is -2.35. The number of pyridine rings is 1. The van der Waals surface area contributed by atoms with E-state index in [1.165, 1.54) is 5.69 Å². The van der Waals surface area contributed by atoms with Gasteiger partial charge in [-0.25, -0.2) is 4.52 Å². The first-order chi connectivity index (χ1) is 17.9. The van der Waals surface area contributed by atoms with Crippen molar-refractivity contribution in [2.24, 2.45) is 0 Å². The lowest BCUT2D eigenvalue weighted by Crippen LogP contribution is -2.45. The fraction of sp³-hybridized carbons (Fsp3) is 0.276. The summed E-state index contributed by atoms with van der Waals surface area (Å²) < 4.78 is 2.58. The quantitative estimate of drug-likeness (QED) is 0.337. The van der Waals surface area contributed by atoms with E-state index in [1.807, 2.05) is 55.6 Å². The van der Waals surface area contributed by atoms with Crippen molar-refractivity contribution >= 4 is 38.8 Å². The number of halogens is 1. The average Bonchev–Trinajstić information content (AvgIpc) is 3.32. The molecule has 1 N–H and O–H groups in total. The number of aryl methyl sites for hydroxylation is 1. The second kappa shape index (κ2) is 10.9. The topological polar surface area (TPSA) is 70.0 Å². The van der Waals surface area contributed by atoms with Gasteiger partial charge in [-0.05, 0) is 76.9 Å². The standard InChI is InChI=1S/C29H30BrN5O2/c1-20-7-8-21(15-23(20)16-28(36)25-18-32-35-19-24(30)9-10-27(25)35)29(37)31-17-22-5-3-4-6-26(22)34-13-11-33(2)12-14-34/h3-10,15,18-19H,11-14,16-17H2,1-2H3,(H,31,37). The van der Waals surface area contributed by atoms with E-state index in [0.717, 1.165) is 52.9 Å². The summed E-state index contributed by atoms with van der Waals surface area (Å²) in [6, 6.07) is 17.6. The van der Waals surface area contributed by atoms with Gasteiger partial charge in [0.15, 0.2) is 5.78 Å². The zero-order valence-electron chi connectivity index (χ0n) is 21.1. The second-order valence-corrected chi connectivity index (χ2v) is 10.5. The molecule has 0 spiro atoms. The monoisotopic (exact) mass is 559 g/mol. The summed E-state index contributed by atoms with van der Waals surface area (Å²) in [7, 11) is 2.14. The molecular formula is C29H30BrN5O2. The first-order valence-electron chi connectivity index (χ1n) is 12.4. The van der Waals surface area contributed by atoms with Crippen LogP contribution in [0.4, 0.5) is 5.69 Å². The molecule has 2 aromatic carbocycles. The fourth-order valence-corrected chi connectivity index (χ4v) is 5.07. The van der Waals surface area contributed by atoms with Crippen molar-refractivity contribution in [2.45, 2.75) is 19.9 Å². The Bertz CT molecular complexity index is 1460. The van der Waals surface area contributed by atoms with Crippen LogP contribution in [0.15, 0.2) is 71.5 Å². The van der Waals surface area contributed by atoms with Crippen LogP contribution < -0.4 is 10.2 Å². The van der Waals surface area contributed by atoms with Crippen molar-refractivity contribution in [1.29, 1.82) is 0 Å². The molecule has 8 heteroatoms. The first kappa shape index (κ1) is 25.2. The molecule has 0 unspecified atom stereocenters. The number of carbonyl (C=O) groups is 2. The first-order valence-corrected chi connectivity index (χ1v) is 13.2. The molecule has 0 saturated carbocycles. The number of piperazine rings is 1. The predicted octanol–water partition coefficient (Wildman–Crippen LogP) is 4.51. The summed E-state index contributed by atoms with van der Waals surface area (Å²) in [5.41, 5.74) is 5.97. The van der Waals surface area contributed by atoms with E-state index < -0.39 is 0 Å². The Balaban J connectivity index is 1.28. The summed E-state index contributed by atoms with van der Waals surface area (Å²) in [5, 5.41) is 7.39. The third kappa shape index (κ3) is 5.60. The number of nitrogens with zero attached hydrogens (tertiary/aromatic N) is 4. The highest BCUT2D eigenvalue weighted by atomic mass is 79.9. The molecule has 190 valence electrons. The van der Waals surface area contributed by atoms with Gasteiger partial charge < -0.3 is 15.1 Å². The normalized spacial score (nSPS) is 14.2. The number of hydrogen-bond acceptors (Lipinski definition) is 5. The van der Waals surface area contributed by atoms with Crippen LogP contribution in [0.25, 0.3) is 5.52 Å². The maximum atomic E-state index is 13.2. The SMILES string of the molecule is Cc1ccc(C(=O)NCc2ccccc2N2CCN(C)CC2)cc1CC(=O)c1cnn2cc(Br)ccc12. The number of fused-ring (bicyclic) bond motifs is 1. The molecule has 0 aliphatic carbocycles. The Morgan fingerprint density at radius 3 is 2.59 bits per heavy atom. The smallest absolute Gasteiger partial charge is 0.251 e. The highest BCUT2D eigenvalue weighted by Crippen LogP contribution is 2.23. The molecule has 2 aromatic heterocycles. The van der Waals surface area contributed by atoms with Crippen molar-refractivity contribution in [3.8, 4) is 0 Å². The van der Waals surface area contributed by atoms with Crippen LogP contribution in [-0.2, 0) is 13.0 Å². The van der Waals surface area contributed by atoms with Gasteiger partial charge in [0.1, 0.15) is 0 Å². The molecule has 1 saturated heterocycles. The van der Waals surface area contributed by atoms with Gasteiger partial charge >= 0.3 is 0 Å². The molecule has 7 nitrogen and oxygen atoms in total. The molecule has 0 radical (unpaired) electrons. The molecule has 3 heterocycles. The van der Waals surface area contributed by atoms with E-state index in [2.05, 4.69) is 55.3 Å². The van der Waals surface area contributed by atoms with Crippen LogP contribution in [0.3, 0.4) is 0 Å². The minimum Gasteiger partial charge on any atom is -0.369 e. The molecule has 37 heavy (non-hydrogen) atoms. The van der Waals surface area contributed by atoms with Crippen LogP contribution in [0.1, 0.15) is 37.4 Å². The Morgan fingerprint density at radius 2 is 1.78 bits per heavy atom. The van der Waals surface area contributed by atoms with E-state index in [-0.39, 0.29) is 18.1 Å². The molecule has 5 rings (SSSR count). The van der Waals surface area contributed by atoms with E-state index >= 15 is 0 Å². The predicted molar refractivity (Wildman–Crippen MR) is 149 cm³/mol. The third-order valence-corrected chi connectivity index (χ3v) is 7.49. The summed E-state index contributed by atoms with van der Waals surface area (Å²) >= 11 is 3.43. The summed E-state index contributed by atoms with van der Waals surface area (Å²) in [6.45, 7) is 6.41. The molecule has 1 fully saturated rings. The van der Waals surface area contributed by atoms with Gasteiger partial charge in [0.25, 0.3) is 5.91 Å². The van der Waals surface area contributed by atoms with Crippen LogP contribution in [0, 0.1) is 6.92 Å². The van der Waals surface area contributed by atoms with Gasteiger partial charge in [-0.1, -0.05) is 24.3 Å². The number of aromatic nitrogens is 2. The highest BCUT2D eigenvalue weighted by molar-refractivity contribution is 9.10. The van der Waals surface area contributed by atoms with Gasteiger partial charge in [0, 0.05) is 61.1 Å². The molecule has 0 atom stereocenters. The molecule has 1 aliphatic rings. The Hall–Kier alpha value is -3.49. The zero-order chi connectivity index (χ0) is 25.9. The molecular weight excluding hydrogens is 530 g/mol. The van der Waals surface area contributed by atoms with Gasteiger partial charge in [0.05, 0.1) is 17.3 Å². The number of para-hydroxylation sites is 1. The largest absolute Gasteiger partial charge is 0.369 e. The number of amides is 1. The van der Waals surface area contributed by atoms with Gasteiger partial charge in [0.2, 0.25) is 0 Å². The van der Waals surface area contributed by atoms with Gasteiger partial charge in [-0.2, -0.15) is 5.10 Å². The van der Waals surface area contributed by atoms with Crippen molar-refractivity contribution < 1.29 is 9.59 Å². The number of anilines is 1. The second-order valence-electron chi connectivity index (χ2n) is 9.58. The van der Waals surface area contributed by atoms with Crippen LogP contribution in [0.5, 0.6) is 0 Å². The molecule has 4 aromatic rings. The number of likely N-dealkylation sites (N-methyl/N-ethyl adjacent to an activating group) is 1. The molecule has 1 aliphatic heterocycles. The van der Waals surface area contributed by atoms with Crippen molar-refractivity contribution in [3.05, 3.63) is 99.3 Å². The maximum Gasteiger partial charge on any atom is 0.251 e. The number of ketones is 1. The lowest BCUT2D eigenvalue weighted by molar-refractivity contribution is 0.0948. The minimum atomic E-state index is -0.150. The van der Waals surface area contributed by atoms with E-state index in [0.29, 0.717) is 17.7 Å². The number of hydrogen-bond donors (Lipinski definition) is 1. The van der Waals surface area contributed by atoms with Gasteiger partial charge in [-0.15, -0.1) is 0 Å².